The molecule has 0 atom stereocenters. The van der Waals surface area contributed by atoms with Gasteiger partial charge in [-0.05, 0) is 18.2 Å². The lowest BCUT2D eigenvalue weighted by Crippen LogP contribution is -2.41. The number of carbonyl (C=O) groups excluding carboxylic acids is 1. The number of carbonyl (C=O) groups is 1. The highest BCUT2D eigenvalue weighted by atomic mass is 35.5. The van der Waals surface area contributed by atoms with E-state index in [1.807, 2.05) is 0 Å². The number of amides is 1. The summed E-state index contributed by atoms with van der Waals surface area (Å²) in [5.74, 6) is -0.507. The lowest BCUT2D eigenvalue weighted by Gasteiger charge is -2.20. The number of aliphatic hydroxyl groups is 1. The second kappa shape index (κ2) is 7.95. The van der Waals surface area contributed by atoms with Crippen LogP contribution in [0.25, 0.3) is 0 Å². The molecule has 118 valence electrons. The lowest BCUT2D eigenvalue weighted by atomic mass is 10.4. The second-order valence-corrected chi connectivity index (χ2v) is 6.83. The van der Waals surface area contributed by atoms with Gasteiger partial charge in [0.25, 0.3) is 0 Å². The van der Waals surface area contributed by atoms with Crippen molar-refractivity contribution in [3.05, 3.63) is 28.2 Å². The van der Waals surface area contributed by atoms with E-state index in [1.165, 1.54) is 18.2 Å². The second-order valence-electron chi connectivity index (χ2n) is 4.08. The lowest BCUT2D eigenvalue weighted by molar-refractivity contribution is -0.121. The van der Waals surface area contributed by atoms with E-state index in [2.05, 4.69) is 5.32 Å². The van der Waals surface area contributed by atoms with Gasteiger partial charge in [0.2, 0.25) is 15.9 Å². The van der Waals surface area contributed by atoms with Crippen molar-refractivity contribution in [3.8, 4) is 0 Å². The minimum atomic E-state index is -3.93. The van der Waals surface area contributed by atoms with Crippen LogP contribution in [0, 0.1) is 0 Å². The summed E-state index contributed by atoms with van der Waals surface area (Å²) in [4.78, 5) is 11.5. The van der Waals surface area contributed by atoms with Crippen LogP contribution in [-0.4, -0.2) is 50.0 Å². The molecular formula is C12H16Cl2N2O4S. The van der Waals surface area contributed by atoms with Crippen LogP contribution >= 0.6 is 23.2 Å². The average molecular weight is 355 g/mol. The largest absolute Gasteiger partial charge is 0.395 e. The topological polar surface area (TPSA) is 86.7 Å². The maximum Gasteiger partial charge on any atom is 0.245 e. The Labute approximate surface area is 133 Å². The minimum absolute atomic E-state index is 0.0358. The van der Waals surface area contributed by atoms with Crippen molar-refractivity contribution in [2.45, 2.75) is 11.8 Å². The maximum atomic E-state index is 12.5. The molecule has 0 aliphatic carbocycles. The Morgan fingerprint density at radius 1 is 1.38 bits per heavy atom. The summed E-state index contributed by atoms with van der Waals surface area (Å²) in [6, 6.07) is 4.11. The quantitative estimate of drug-likeness (QED) is 0.767. The predicted octanol–water partition coefficient (Wildman–Crippen LogP) is 1.11. The van der Waals surface area contributed by atoms with Gasteiger partial charge >= 0.3 is 0 Å². The molecule has 0 radical (unpaired) electrons. The predicted molar refractivity (Wildman–Crippen MR) is 81.0 cm³/mol. The number of hydrogen-bond donors (Lipinski definition) is 2. The number of likely N-dealkylation sites (N-methyl/N-ethyl adjacent to an activating group) is 1. The Morgan fingerprint density at radius 3 is 2.62 bits per heavy atom. The molecule has 0 fully saturated rings. The molecule has 1 aromatic carbocycles. The number of halogens is 2. The number of hydrogen-bond acceptors (Lipinski definition) is 4. The van der Waals surface area contributed by atoms with E-state index in [0.29, 0.717) is 0 Å². The molecule has 0 saturated carbocycles. The van der Waals surface area contributed by atoms with Gasteiger partial charge < -0.3 is 10.4 Å². The van der Waals surface area contributed by atoms with Crippen molar-refractivity contribution in [2.24, 2.45) is 0 Å². The van der Waals surface area contributed by atoms with E-state index >= 15 is 0 Å². The van der Waals surface area contributed by atoms with Crippen molar-refractivity contribution in [2.75, 3.05) is 26.2 Å². The van der Waals surface area contributed by atoms with E-state index in [1.54, 1.807) is 6.92 Å². The van der Waals surface area contributed by atoms with Gasteiger partial charge in [0, 0.05) is 18.1 Å². The number of benzene rings is 1. The maximum absolute atomic E-state index is 12.5. The average Bonchev–Trinajstić information content (AvgIpc) is 2.44. The van der Waals surface area contributed by atoms with Gasteiger partial charge in [0.1, 0.15) is 4.90 Å². The molecule has 0 spiro atoms. The van der Waals surface area contributed by atoms with E-state index in [9.17, 15) is 13.2 Å². The van der Waals surface area contributed by atoms with Gasteiger partial charge in [-0.15, -0.1) is 0 Å². The third-order valence-corrected chi connectivity index (χ3v) is 5.26. The molecule has 1 aromatic rings. The molecule has 6 nitrogen and oxygen atoms in total. The summed E-state index contributed by atoms with van der Waals surface area (Å²) in [7, 11) is -3.93. The number of rotatable bonds is 7. The third kappa shape index (κ3) is 4.82. The zero-order valence-electron chi connectivity index (χ0n) is 11.3. The van der Waals surface area contributed by atoms with Crippen molar-refractivity contribution in [3.63, 3.8) is 0 Å². The zero-order chi connectivity index (χ0) is 16.0. The van der Waals surface area contributed by atoms with E-state index in [-0.39, 0.29) is 41.2 Å². The Bertz CT molecular complexity index is 607. The fourth-order valence-electron chi connectivity index (χ4n) is 1.59. The van der Waals surface area contributed by atoms with E-state index < -0.39 is 15.9 Å². The van der Waals surface area contributed by atoms with Gasteiger partial charge in [-0.2, -0.15) is 4.31 Å². The Kier molecular flexibility index (Phi) is 6.89. The molecule has 9 heteroatoms. The van der Waals surface area contributed by atoms with Crippen LogP contribution < -0.4 is 5.32 Å². The van der Waals surface area contributed by atoms with Crippen molar-refractivity contribution in [1.29, 1.82) is 0 Å². The fourth-order valence-corrected chi connectivity index (χ4v) is 3.73. The molecular weight excluding hydrogens is 339 g/mol. The summed E-state index contributed by atoms with van der Waals surface area (Å²) >= 11 is 11.7. The van der Waals surface area contributed by atoms with Crippen LogP contribution in [0.3, 0.4) is 0 Å². The van der Waals surface area contributed by atoms with Crippen molar-refractivity contribution < 1.29 is 18.3 Å². The molecule has 21 heavy (non-hydrogen) atoms. The molecule has 1 amide bonds. The van der Waals surface area contributed by atoms with Crippen LogP contribution in [0.2, 0.25) is 10.0 Å². The highest BCUT2D eigenvalue weighted by Gasteiger charge is 2.27. The van der Waals surface area contributed by atoms with Gasteiger partial charge in [-0.25, -0.2) is 8.42 Å². The summed E-state index contributed by atoms with van der Waals surface area (Å²) in [5.41, 5.74) is 0. The van der Waals surface area contributed by atoms with Gasteiger partial charge in [0.15, 0.2) is 0 Å². The molecule has 0 bridgehead atoms. The van der Waals surface area contributed by atoms with Crippen LogP contribution in [0.1, 0.15) is 6.92 Å². The van der Waals surface area contributed by atoms with Crippen LogP contribution in [0.15, 0.2) is 23.1 Å². The minimum Gasteiger partial charge on any atom is -0.395 e. The highest BCUT2D eigenvalue weighted by molar-refractivity contribution is 7.89. The molecule has 0 aromatic heterocycles. The highest BCUT2D eigenvalue weighted by Crippen LogP contribution is 2.27. The first-order valence-corrected chi connectivity index (χ1v) is 8.35. The zero-order valence-corrected chi connectivity index (χ0v) is 13.7. The number of sulfonamides is 1. The van der Waals surface area contributed by atoms with Gasteiger partial charge in [-0.3, -0.25) is 4.79 Å². The standard InChI is InChI=1S/C12H16Cl2N2O4S/c1-2-16(8-12(18)15-5-6-17)21(19,20)11-7-9(13)3-4-10(11)14/h3-4,7,17H,2,5-6,8H2,1H3,(H,15,18). The SMILES string of the molecule is CCN(CC(=O)NCCO)S(=O)(=O)c1cc(Cl)ccc1Cl. The Balaban J connectivity index is 3.02. The summed E-state index contributed by atoms with van der Waals surface area (Å²) in [5, 5.41) is 11.3. The smallest absolute Gasteiger partial charge is 0.245 e. The Morgan fingerprint density at radius 2 is 2.05 bits per heavy atom. The van der Waals surface area contributed by atoms with Crippen LogP contribution in [-0.2, 0) is 14.8 Å². The summed E-state index contributed by atoms with van der Waals surface area (Å²) in [6.07, 6.45) is 0. The Hall–Kier alpha value is -0.860. The molecule has 0 unspecified atom stereocenters. The first kappa shape index (κ1) is 18.2. The third-order valence-electron chi connectivity index (χ3n) is 2.62. The summed E-state index contributed by atoms with van der Waals surface area (Å²) < 4.78 is 26.0. The molecule has 0 saturated heterocycles. The normalized spacial score (nSPS) is 11.7. The molecule has 0 heterocycles. The van der Waals surface area contributed by atoms with Crippen molar-refractivity contribution >= 4 is 39.1 Å². The molecule has 0 aliphatic heterocycles. The first-order valence-electron chi connectivity index (χ1n) is 6.15. The number of nitrogens with zero attached hydrogens (tertiary/aromatic N) is 1. The summed E-state index contributed by atoms with van der Waals surface area (Å²) in [6.45, 7) is 1.19. The van der Waals surface area contributed by atoms with Gasteiger partial charge in [0.05, 0.1) is 18.2 Å². The van der Waals surface area contributed by atoms with Crippen LogP contribution in [0.4, 0.5) is 0 Å². The van der Waals surface area contributed by atoms with E-state index in [0.717, 1.165) is 4.31 Å². The monoisotopic (exact) mass is 354 g/mol. The van der Waals surface area contributed by atoms with Gasteiger partial charge in [-0.1, -0.05) is 30.1 Å². The number of nitrogens with one attached hydrogen (secondary N) is 1. The first-order chi connectivity index (χ1) is 9.82. The fraction of sp³-hybridized carbons (Fsp3) is 0.417. The van der Waals surface area contributed by atoms with Crippen molar-refractivity contribution in [1.82, 2.24) is 9.62 Å². The molecule has 0 aliphatic rings. The molecule has 2 N–H and O–H groups in total. The van der Waals surface area contributed by atoms with E-state index in [4.69, 9.17) is 28.3 Å². The number of aliphatic hydroxyl groups excluding tert-OH is 1. The van der Waals surface area contributed by atoms with Crippen LogP contribution in [0.5, 0.6) is 0 Å². The molecule has 1 rings (SSSR count).